The van der Waals surface area contributed by atoms with Gasteiger partial charge >= 0.3 is 0 Å². The lowest BCUT2D eigenvalue weighted by Crippen LogP contribution is -2.33. The van der Waals surface area contributed by atoms with Crippen LogP contribution in [0, 0.1) is 0 Å². The third-order valence-electron chi connectivity index (χ3n) is 1.11. The Balaban J connectivity index is 2.14. The lowest BCUT2D eigenvalue weighted by Gasteiger charge is -1.81. The molecule has 0 radical (unpaired) electrons. The molecule has 11 heavy (non-hydrogen) atoms. The molecule has 0 atom stereocenters. The van der Waals surface area contributed by atoms with Crippen LogP contribution in [0.25, 0.3) is 0 Å². The Labute approximate surface area is 61.0 Å². The van der Waals surface area contributed by atoms with Crippen LogP contribution >= 0.6 is 0 Å². The van der Waals surface area contributed by atoms with Gasteiger partial charge in [-0.05, 0) is 20.9 Å². The van der Waals surface area contributed by atoms with Crippen LogP contribution < -0.4 is 11.4 Å². The predicted molar refractivity (Wildman–Crippen MR) is 34.8 cm³/mol. The first-order valence-electron chi connectivity index (χ1n) is 2.90. The van der Waals surface area contributed by atoms with Gasteiger partial charge in [0.25, 0.3) is 7.28 Å². The third kappa shape index (κ3) is 1.20. The first kappa shape index (κ1) is 5.95. The Bertz CT molecular complexity index is 264. The summed E-state index contributed by atoms with van der Waals surface area (Å²) in [4.78, 5) is 0. The summed E-state index contributed by atoms with van der Waals surface area (Å²) in [5, 5.41) is 26.1. The minimum atomic E-state index is 0.486. The van der Waals surface area contributed by atoms with Gasteiger partial charge in [0, 0.05) is 0 Å². The maximum atomic E-state index is 3.66. The van der Waals surface area contributed by atoms with E-state index in [-0.39, 0.29) is 0 Å². The van der Waals surface area contributed by atoms with E-state index in [9.17, 15) is 0 Å². The number of rotatable bonds is 2. The van der Waals surface area contributed by atoms with E-state index < -0.39 is 0 Å². The zero-order valence-electron chi connectivity index (χ0n) is 5.39. The summed E-state index contributed by atoms with van der Waals surface area (Å²) in [5.74, 6) is 0. The fraction of sp³-hybridized carbons (Fsp3) is 0. The number of aromatic amines is 2. The number of nitrogens with zero attached hydrogens (tertiary/aromatic N) is 6. The highest BCUT2D eigenvalue weighted by Gasteiger charge is 2.05. The fourth-order valence-corrected chi connectivity index (χ4v) is 0.666. The molecule has 2 aromatic heterocycles. The third-order valence-corrected chi connectivity index (χ3v) is 1.11. The molecule has 0 amide bonds. The molecule has 2 N–H and O–H groups in total. The first-order chi connectivity index (χ1) is 5.45. The number of hydrogen-bond donors (Lipinski definition) is 2. The van der Waals surface area contributed by atoms with E-state index in [1.54, 1.807) is 0 Å². The van der Waals surface area contributed by atoms with Crippen molar-refractivity contribution in [2.24, 2.45) is 0 Å². The molecule has 2 aromatic rings. The van der Waals surface area contributed by atoms with Crippen molar-refractivity contribution in [3.63, 3.8) is 0 Å². The molecule has 54 valence electrons. The Morgan fingerprint density at radius 2 is 1.45 bits per heavy atom. The van der Waals surface area contributed by atoms with Gasteiger partial charge in [0.1, 0.15) is 11.4 Å². The van der Waals surface area contributed by atoms with Crippen LogP contribution in [-0.4, -0.2) is 48.5 Å². The number of hydrogen-bond acceptors (Lipinski definition) is 6. The molecule has 0 spiro atoms. The normalized spacial score (nSPS) is 9.82. The molecular formula is C2H3BN8. The van der Waals surface area contributed by atoms with Gasteiger partial charge in [-0.1, -0.05) is 0 Å². The highest BCUT2D eigenvalue weighted by molar-refractivity contribution is 6.63. The lowest BCUT2D eigenvalue weighted by atomic mass is 9.77. The zero-order chi connectivity index (χ0) is 7.52. The van der Waals surface area contributed by atoms with E-state index in [1.807, 2.05) is 0 Å². The van der Waals surface area contributed by atoms with Gasteiger partial charge in [-0.3, -0.25) is 10.2 Å². The molecule has 0 aliphatic carbocycles. The Morgan fingerprint density at radius 3 is 1.82 bits per heavy atom. The van der Waals surface area contributed by atoms with Crippen molar-refractivity contribution in [1.29, 1.82) is 0 Å². The monoisotopic (exact) mass is 150 g/mol. The van der Waals surface area contributed by atoms with Gasteiger partial charge in [-0.25, -0.2) is 0 Å². The average Bonchev–Trinajstić information content (AvgIpc) is 2.60. The molecule has 0 fully saturated rings. The topological polar surface area (TPSA) is 109 Å². The highest BCUT2D eigenvalue weighted by Crippen LogP contribution is 1.56. The van der Waals surface area contributed by atoms with Gasteiger partial charge in [0.15, 0.2) is 0 Å². The van der Waals surface area contributed by atoms with Crippen molar-refractivity contribution in [3.8, 4) is 0 Å². The van der Waals surface area contributed by atoms with Crippen LogP contribution in [0.1, 0.15) is 0 Å². The molecular weight excluding hydrogens is 147 g/mol. The summed E-state index contributed by atoms with van der Waals surface area (Å²) < 4.78 is 0. The van der Waals surface area contributed by atoms with Gasteiger partial charge in [-0.2, -0.15) is 0 Å². The summed E-state index contributed by atoms with van der Waals surface area (Å²) in [7, 11) is 0.486. The Hall–Kier alpha value is -1.80. The van der Waals surface area contributed by atoms with Crippen LogP contribution in [0.3, 0.4) is 0 Å². The second-order valence-corrected chi connectivity index (χ2v) is 1.87. The second kappa shape index (κ2) is 2.44. The van der Waals surface area contributed by atoms with Crippen molar-refractivity contribution >= 4 is 18.7 Å². The number of nitrogens with one attached hydrogen (secondary N) is 2. The molecule has 0 saturated carbocycles. The number of aromatic nitrogens is 8. The smallest absolute Gasteiger partial charge is 0.252 e. The summed E-state index contributed by atoms with van der Waals surface area (Å²) in [6, 6.07) is 0. The van der Waals surface area contributed by atoms with E-state index in [2.05, 4.69) is 41.2 Å². The summed E-state index contributed by atoms with van der Waals surface area (Å²) in [6.45, 7) is 0. The maximum Gasteiger partial charge on any atom is 0.292 e. The zero-order valence-corrected chi connectivity index (χ0v) is 5.39. The summed E-state index contributed by atoms with van der Waals surface area (Å²) in [5.41, 5.74) is 1.26. The van der Waals surface area contributed by atoms with Crippen LogP contribution in [0.4, 0.5) is 0 Å². The first-order valence-corrected chi connectivity index (χ1v) is 2.90. The standard InChI is InChI=1S/C2H3BN8/c3(1-4-8-9-5-1)2-6-10-11-7-2/h3H,(H,4,5,8,9)(H,6,7,10,11). The van der Waals surface area contributed by atoms with Crippen LogP contribution in [-0.2, 0) is 0 Å². The molecule has 2 heterocycles. The fourth-order valence-electron chi connectivity index (χ4n) is 0.666. The van der Waals surface area contributed by atoms with Gasteiger partial charge < -0.3 is 0 Å². The predicted octanol–water partition coefficient (Wildman–Crippen LogP) is -3.90. The molecule has 8 nitrogen and oxygen atoms in total. The van der Waals surface area contributed by atoms with Crippen LogP contribution in [0.5, 0.6) is 0 Å². The molecule has 2 rings (SSSR count). The van der Waals surface area contributed by atoms with Crippen molar-refractivity contribution < 1.29 is 0 Å². The molecule has 0 saturated heterocycles. The molecule has 0 bridgehead atoms. The molecule has 0 aromatic carbocycles. The van der Waals surface area contributed by atoms with E-state index in [0.717, 1.165) is 0 Å². The van der Waals surface area contributed by atoms with E-state index >= 15 is 0 Å². The van der Waals surface area contributed by atoms with E-state index in [4.69, 9.17) is 0 Å². The van der Waals surface area contributed by atoms with Gasteiger partial charge in [-0.15, -0.1) is 10.2 Å². The van der Waals surface area contributed by atoms with E-state index in [0.29, 0.717) is 18.7 Å². The summed E-state index contributed by atoms with van der Waals surface area (Å²) >= 11 is 0. The van der Waals surface area contributed by atoms with E-state index in [1.165, 1.54) is 0 Å². The quantitative estimate of drug-likeness (QED) is 0.423. The number of tetrazole rings is 2. The van der Waals surface area contributed by atoms with Crippen molar-refractivity contribution in [2.45, 2.75) is 0 Å². The van der Waals surface area contributed by atoms with Crippen LogP contribution in [0.2, 0.25) is 0 Å². The minimum absolute atomic E-state index is 0.486. The van der Waals surface area contributed by atoms with Gasteiger partial charge in [0.05, 0.1) is 0 Å². The molecule has 0 aliphatic heterocycles. The molecule has 9 heteroatoms. The number of H-pyrrole nitrogens is 2. The Kier molecular flexibility index (Phi) is 1.32. The Morgan fingerprint density at radius 1 is 0.909 bits per heavy atom. The summed E-state index contributed by atoms with van der Waals surface area (Å²) in [6.07, 6.45) is 0. The van der Waals surface area contributed by atoms with Crippen molar-refractivity contribution in [2.75, 3.05) is 0 Å². The second-order valence-electron chi connectivity index (χ2n) is 1.87. The van der Waals surface area contributed by atoms with Crippen LogP contribution in [0.15, 0.2) is 0 Å². The van der Waals surface area contributed by atoms with Crippen molar-refractivity contribution in [1.82, 2.24) is 41.2 Å². The SMILES string of the molecule is B(c1nnn[nH]1)c1nnn[nH]1. The lowest BCUT2D eigenvalue weighted by molar-refractivity contribution is 0.881. The average molecular weight is 150 g/mol. The highest BCUT2D eigenvalue weighted by atomic mass is 15.5. The molecule has 0 unspecified atom stereocenters. The minimum Gasteiger partial charge on any atom is -0.252 e. The van der Waals surface area contributed by atoms with Gasteiger partial charge in [0.2, 0.25) is 0 Å². The largest absolute Gasteiger partial charge is 0.292 e. The van der Waals surface area contributed by atoms with Crippen molar-refractivity contribution in [3.05, 3.63) is 0 Å². The molecule has 0 aliphatic rings. The maximum absolute atomic E-state index is 3.66.